The van der Waals surface area contributed by atoms with E-state index in [1.807, 2.05) is 44.3 Å². The lowest BCUT2D eigenvalue weighted by atomic mass is 10.1. The molecule has 4 nitrogen and oxygen atoms in total. The van der Waals surface area contributed by atoms with Gasteiger partial charge in [0.1, 0.15) is 0 Å². The van der Waals surface area contributed by atoms with Crippen molar-refractivity contribution in [2.24, 2.45) is 5.92 Å². The maximum absolute atomic E-state index is 4.44. The van der Waals surface area contributed by atoms with Crippen LogP contribution in [0.5, 0.6) is 0 Å². The van der Waals surface area contributed by atoms with Gasteiger partial charge in [0.05, 0.1) is 5.69 Å². The highest BCUT2D eigenvalue weighted by atomic mass is 15.1. The number of allylic oxidation sites excluding steroid dienone is 1. The van der Waals surface area contributed by atoms with Gasteiger partial charge in [-0.2, -0.15) is 0 Å². The monoisotopic (exact) mass is 438 g/mol. The van der Waals surface area contributed by atoms with E-state index < -0.39 is 0 Å². The highest BCUT2D eigenvalue weighted by Gasteiger charge is 2.08. The van der Waals surface area contributed by atoms with Crippen LogP contribution in [0, 0.1) is 19.8 Å². The Kier molecular flexibility index (Phi) is 14.3. The summed E-state index contributed by atoms with van der Waals surface area (Å²) < 4.78 is 0. The molecule has 1 fully saturated rings. The second-order valence-electron chi connectivity index (χ2n) is 8.70. The highest BCUT2D eigenvalue weighted by Crippen LogP contribution is 2.16. The van der Waals surface area contributed by atoms with Crippen LogP contribution in [0.2, 0.25) is 0 Å². The summed E-state index contributed by atoms with van der Waals surface area (Å²) in [6.45, 7) is 19.0. The van der Waals surface area contributed by atoms with Gasteiger partial charge in [-0.05, 0) is 83.3 Å². The van der Waals surface area contributed by atoms with Crippen LogP contribution < -0.4 is 5.32 Å². The van der Waals surface area contributed by atoms with Crippen LogP contribution in [0.1, 0.15) is 83.5 Å². The third-order valence-corrected chi connectivity index (χ3v) is 5.77. The van der Waals surface area contributed by atoms with Crippen LogP contribution in [0.25, 0.3) is 6.08 Å². The lowest BCUT2D eigenvalue weighted by Crippen LogP contribution is -2.19. The van der Waals surface area contributed by atoms with Crippen LogP contribution in [0.4, 0.5) is 11.6 Å². The molecule has 1 saturated heterocycles. The zero-order valence-corrected chi connectivity index (χ0v) is 21.6. The lowest BCUT2D eigenvalue weighted by Gasteiger charge is -2.11. The van der Waals surface area contributed by atoms with E-state index in [1.165, 1.54) is 57.3 Å². The topological polar surface area (TPSA) is 41.1 Å². The van der Waals surface area contributed by atoms with Crippen molar-refractivity contribution in [1.82, 2.24) is 14.9 Å². The Labute approximate surface area is 197 Å². The van der Waals surface area contributed by atoms with Crippen LogP contribution in [-0.4, -0.2) is 34.5 Å². The molecule has 178 valence electrons. The standard InChI is InChI=1S/C15H17N3.C7H15N.C6H14/c1-4-6-13-10-16-15(17-12(13)3)18-14-8-5-7-11(2)9-14;1-2-5-8-6-3-4-7-8;1-4-6(3)5-2/h4-10H,1-3H3,(H,16,17,18);2-7H2,1H3;6H,4-5H2,1-3H3/b6-4-;;. The number of aryl methyl sites for hydroxylation is 2. The first kappa shape index (κ1) is 27.8. The molecular weight excluding hydrogens is 392 g/mol. The molecule has 3 rings (SSSR count). The summed E-state index contributed by atoms with van der Waals surface area (Å²) in [6, 6.07) is 8.15. The van der Waals surface area contributed by atoms with Crippen molar-refractivity contribution >= 4 is 17.7 Å². The van der Waals surface area contributed by atoms with E-state index in [4.69, 9.17) is 0 Å². The van der Waals surface area contributed by atoms with Gasteiger partial charge in [-0.25, -0.2) is 9.97 Å². The summed E-state index contributed by atoms with van der Waals surface area (Å²) in [4.78, 5) is 11.3. The summed E-state index contributed by atoms with van der Waals surface area (Å²) in [5.41, 5.74) is 4.24. The lowest BCUT2D eigenvalue weighted by molar-refractivity contribution is 0.339. The first-order valence-corrected chi connectivity index (χ1v) is 12.5. The molecule has 1 N–H and O–H groups in total. The van der Waals surface area contributed by atoms with E-state index in [0.29, 0.717) is 5.95 Å². The molecule has 0 radical (unpaired) electrons. The van der Waals surface area contributed by atoms with E-state index in [9.17, 15) is 0 Å². The van der Waals surface area contributed by atoms with E-state index in [2.05, 4.69) is 66.9 Å². The molecule has 0 atom stereocenters. The molecule has 1 aromatic carbocycles. The summed E-state index contributed by atoms with van der Waals surface area (Å²) in [6.07, 6.45) is 12.7. The Morgan fingerprint density at radius 2 is 1.78 bits per heavy atom. The zero-order chi connectivity index (χ0) is 23.8. The summed E-state index contributed by atoms with van der Waals surface area (Å²) in [7, 11) is 0. The molecule has 4 heteroatoms. The number of nitrogens with zero attached hydrogens (tertiary/aromatic N) is 3. The van der Waals surface area contributed by atoms with Crippen molar-refractivity contribution < 1.29 is 0 Å². The zero-order valence-electron chi connectivity index (χ0n) is 21.6. The fraction of sp³-hybridized carbons (Fsp3) is 0.571. The average Bonchev–Trinajstić information content (AvgIpc) is 3.30. The maximum atomic E-state index is 4.44. The molecule has 0 unspecified atom stereocenters. The molecule has 0 aliphatic carbocycles. The number of likely N-dealkylation sites (tertiary alicyclic amines) is 1. The third-order valence-electron chi connectivity index (χ3n) is 5.77. The molecule has 0 spiro atoms. The summed E-state index contributed by atoms with van der Waals surface area (Å²) >= 11 is 0. The quantitative estimate of drug-likeness (QED) is 0.478. The van der Waals surface area contributed by atoms with Crippen molar-refractivity contribution in [1.29, 1.82) is 0 Å². The van der Waals surface area contributed by atoms with E-state index >= 15 is 0 Å². The molecule has 32 heavy (non-hydrogen) atoms. The van der Waals surface area contributed by atoms with Crippen molar-refractivity contribution in [3.05, 3.63) is 53.4 Å². The van der Waals surface area contributed by atoms with Gasteiger partial charge >= 0.3 is 0 Å². The molecule has 2 heterocycles. The Bertz CT molecular complexity index is 775. The maximum Gasteiger partial charge on any atom is 0.227 e. The molecule has 0 amide bonds. The fourth-order valence-corrected chi connectivity index (χ4v) is 3.34. The van der Waals surface area contributed by atoms with E-state index in [1.54, 1.807) is 0 Å². The SMILES string of the molecule is C/C=C\c1cnc(Nc2cccc(C)c2)nc1C.CCC(C)CC.CCCN1CCCC1. The largest absolute Gasteiger partial charge is 0.324 e. The summed E-state index contributed by atoms with van der Waals surface area (Å²) in [5.74, 6) is 1.57. The van der Waals surface area contributed by atoms with Gasteiger partial charge in [0, 0.05) is 17.4 Å². The minimum atomic E-state index is 0.631. The van der Waals surface area contributed by atoms with Gasteiger partial charge in [-0.15, -0.1) is 0 Å². The van der Waals surface area contributed by atoms with E-state index in [-0.39, 0.29) is 0 Å². The number of benzene rings is 1. The van der Waals surface area contributed by atoms with Crippen molar-refractivity contribution in [2.45, 2.75) is 80.6 Å². The van der Waals surface area contributed by atoms with Crippen molar-refractivity contribution in [3.8, 4) is 0 Å². The van der Waals surface area contributed by atoms with Gasteiger partial charge in [-0.3, -0.25) is 0 Å². The smallest absolute Gasteiger partial charge is 0.227 e. The summed E-state index contributed by atoms with van der Waals surface area (Å²) in [5, 5.41) is 3.21. The molecule has 2 aromatic rings. The minimum Gasteiger partial charge on any atom is -0.324 e. The minimum absolute atomic E-state index is 0.631. The van der Waals surface area contributed by atoms with Gasteiger partial charge < -0.3 is 10.2 Å². The Morgan fingerprint density at radius 3 is 2.28 bits per heavy atom. The normalized spacial score (nSPS) is 13.5. The number of anilines is 2. The van der Waals surface area contributed by atoms with Crippen LogP contribution >= 0.6 is 0 Å². The molecule has 1 aliphatic rings. The van der Waals surface area contributed by atoms with Crippen LogP contribution in [0.3, 0.4) is 0 Å². The third kappa shape index (κ3) is 11.4. The number of hydrogen-bond donors (Lipinski definition) is 1. The number of aromatic nitrogens is 2. The Balaban J connectivity index is 0.000000301. The first-order chi connectivity index (χ1) is 15.4. The molecule has 0 bridgehead atoms. The second-order valence-corrected chi connectivity index (χ2v) is 8.70. The Morgan fingerprint density at radius 1 is 1.09 bits per heavy atom. The van der Waals surface area contributed by atoms with Gasteiger partial charge in [0.25, 0.3) is 0 Å². The predicted octanol–water partition coefficient (Wildman–Crippen LogP) is 7.80. The highest BCUT2D eigenvalue weighted by molar-refractivity contribution is 5.56. The average molecular weight is 439 g/mol. The van der Waals surface area contributed by atoms with Crippen LogP contribution in [0.15, 0.2) is 36.5 Å². The van der Waals surface area contributed by atoms with Crippen molar-refractivity contribution in [3.63, 3.8) is 0 Å². The van der Waals surface area contributed by atoms with Gasteiger partial charge in [0.2, 0.25) is 5.95 Å². The predicted molar refractivity (Wildman–Crippen MR) is 142 cm³/mol. The van der Waals surface area contributed by atoms with Crippen molar-refractivity contribution in [2.75, 3.05) is 25.0 Å². The molecule has 0 saturated carbocycles. The Hall–Kier alpha value is -2.20. The molecular formula is C28H46N4. The number of nitrogens with one attached hydrogen (secondary N) is 1. The van der Waals surface area contributed by atoms with E-state index in [0.717, 1.165) is 22.9 Å². The number of rotatable bonds is 7. The second kappa shape index (κ2) is 16.4. The first-order valence-electron chi connectivity index (χ1n) is 12.5. The van der Waals surface area contributed by atoms with Crippen LogP contribution in [-0.2, 0) is 0 Å². The molecule has 1 aromatic heterocycles. The molecule has 1 aliphatic heterocycles. The fourth-order valence-electron chi connectivity index (χ4n) is 3.34. The number of hydrogen-bond acceptors (Lipinski definition) is 4. The van der Waals surface area contributed by atoms with Gasteiger partial charge in [0.15, 0.2) is 0 Å². The van der Waals surface area contributed by atoms with Gasteiger partial charge in [-0.1, -0.05) is 64.8 Å².